The van der Waals surface area contributed by atoms with Gasteiger partial charge in [0.1, 0.15) is 0 Å². The van der Waals surface area contributed by atoms with Crippen molar-refractivity contribution in [2.24, 2.45) is 5.92 Å². The number of aliphatic hydroxyl groups is 1. The number of thiophene rings is 1. The van der Waals surface area contributed by atoms with Gasteiger partial charge < -0.3 is 5.11 Å². The van der Waals surface area contributed by atoms with Gasteiger partial charge in [-0.3, -0.25) is 9.88 Å². The van der Waals surface area contributed by atoms with Gasteiger partial charge in [-0.1, -0.05) is 6.07 Å². The van der Waals surface area contributed by atoms with Crippen LogP contribution in [-0.2, 0) is 13.0 Å². The summed E-state index contributed by atoms with van der Waals surface area (Å²) in [5, 5.41) is 12.4. The fourth-order valence-corrected chi connectivity index (χ4v) is 3.99. The Balaban J connectivity index is 1.37. The lowest BCUT2D eigenvalue weighted by Gasteiger charge is -2.15. The van der Waals surface area contributed by atoms with Crippen LogP contribution in [0.2, 0.25) is 0 Å². The van der Waals surface area contributed by atoms with Crippen molar-refractivity contribution in [2.45, 2.75) is 19.1 Å². The van der Waals surface area contributed by atoms with Gasteiger partial charge in [0.25, 0.3) is 0 Å². The molecule has 1 aliphatic heterocycles. The number of hydrogen-bond donors (Lipinski definition) is 1. The van der Waals surface area contributed by atoms with E-state index in [4.69, 9.17) is 0 Å². The molecule has 1 aliphatic rings. The fourth-order valence-electron chi connectivity index (χ4n) is 3.32. The third-order valence-electron chi connectivity index (χ3n) is 4.58. The maximum Gasteiger partial charge on any atom is 0.169 e. The van der Waals surface area contributed by atoms with Crippen LogP contribution >= 0.6 is 11.3 Å². The van der Waals surface area contributed by atoms with Gasteiger partial charge >= 0.3 is 0 Å². The number of β-amino-alcohol motifs (C(OH)–C–C–N with tert-alkyl or cyclic N) is 1. The van der Waals surface area contributed by atoms with E-state index in [1.807, 2.05) is 42.0 Å². The van der Waals surface area contributed by atoms with Gasteiger partial charge in [-0.2, -0.15) is 0 Å². The molecule has 1 fully saturated rings. The van der Waals surface area contributed by atoms with E-state index in [1.165, 1.54) is 5.56 Å². The number of pyridine rings is 1. The molecule has 0 spiro atoms. The van der Waals surface area contributed by atoms with E-state index in [9.17, 15) is 5.11 Å². The highest BCUT2D eigenvalue weighted by molar-refractivity contribution is 7.13. The minimum Gasteiger partial charge on any atom is -0.391 e. The molecule has 25 heavy (non-hydrogen) atoms. The number of likely N-dealkylation sites (tertiary alicyclic amines) is 1. The van der Waals surface area contributed by atoms with E-state index in [0.717, 1.165) is 35.8 Å². The van der Waals surface area contributed by atoms with Crippen LogP contribution in [0.1, 0.15) is 11.1 Å². The first-order chi connectivity index (χ1) is 12.3. The highest BCUT2D eigenvalue weighted by Gasteiger charge is 2.31. The first kappa shape index (κ1) is 16.3. The molecule has 0 amide bonds. The van der Waals surface area contributed by atoms with Crippen LogP contribution in [0.4, 0.5) is 0 Å². The molecular formula is C19H20N4OS. The first-order valence-electron chi connectivity index (χ1n) is 8.42. The predicted octanol–water partition coefficient (Wildman–Crippen LogP) is 2.64. The summed E-state index contributed by atoms with van der Waals surface area (Å²) in [6.45, 7) is 2.35. The Bertz CT molecular complexity index is 792. The standard InChI is InChI=1S/C19H20N4OS/c24-17-13-23(12-16(17)8-14-3-5-20-6-4-14)11-15-9-21-19(22-10-15)18-2-1-7-25-18/h1-7,9-10,16-17,24H,8,11-13H2/t16-,17-/m1/s1. The monoisotopic (exact) mass is 352 g/mol. The van der Waals surface area contributed by atoms with Gasteiger partial charge in [-0.05, 0) is 35.6 Å². The number of aliphatic hydroxyl groups excluding tert-OH is 1. The van der Waals surface area contributed by atoms with Crippen LogP contribution in [-0.4, -0.2) is 44.2 Å². The van der Waals surface area contributed by atoms with Crippen LogP contribution in [0, 0.1) is 5.92 Å². The molecule has 4 rings (SSSR count). The summed E-state index contributed by atoms with van der Waals surface area (Å²) >= 11 is 1.64. The maximum absolute atomic E-state index is 10.4. The maximum atomic E-state index is 10.4. The van der Waals surface area contributed by atoms with Crippen molar-refractivity contribution < 1.29 is 5.11 Å². The van der Waals surface area contributed by atoms with Crippen molar-refractivity contribution >= 4 is 11.3 Å². The molecule has 3 aromatic heterocycles. The molecule has 4 heterocycles. The average molecular weight is 352 g/mol. The number of aromatic nitrogens is 3. The summed E-state index contributed by atoms with van der Waals surface area (Å²) < 4.78 is 0. The Morgan fingerprint density at radius 3 is 2.60 bits per heavy atom. The quantitative estimate of drug-likeness (QED) is 0.765. The Morgan fingerprint density at radius 1 is 1.08 bits per heavy atom. The van der Waals surface area contributed by atoms with E-state index in [2.05, 4.69) is 19.9 Å². The molecule has 128 valence electrons. The van der Waals surface area contributed by atoms with Crippen LogP contribution < -0.4 is 0 Å². The summed E-state index contributed by atoms with van der Waals surface area (Å²) in [6.07, 6.45) is 7.99. The Morgan fingerprint density at radius 2 is 1.88 bits per heavy atom. The minimum absolute atomic E-state index is 0.258. The molecule has 0 aromatic carbocycles. The van der Waals surface area contributed by atoms with Crippen molar-refractivity contribution in [3.63, 3.8) is 0 Å². The topological polar surface area (TPSA) is 62.1 Å². The van der Waals surface area contributed by atoms with Gasteiger partial charge in [-0.15, -0.1) is 11.3 Å². The van der Waals surface area contributed by atoms with Gasteiger partial charge in [0.05, 0.1) is 11.0 Å². The highest BCUT2D eigenvalue weighted by atomic mass is 32.1. The second-order valence-corrected chi connectivity index (χ2v) is 7.42. The molecule has 1 N–H and O–H groups in total. The van der Waals surface area contributed by atoms with Crippen molar-refractivity contribution in [3.8, 4) is 10.7 Å². The lowest BCUT2D eigenvalue weighted by Crippen LogP contribution is -2.21. The minimum atomic E-state index is -0.292. The zero-order chi connectivity index (χ0) is 17.1. The number of nitrogens with zero attached hydrogens (tertiary/aromatic N) is 4. The summed E-state index contributed by atoms with van der Waals surface area (Å²) in [7, 11) is 0. The molecule has 1 saturated heterocycles. The third-order valence-corrected chi connectivity index (χ3v) is 5.45. The van der Waals surface area contributed by atoms with Gasteiger partial charge in [0, 0.05) is 55.9 Å². The zero-order valence-corrected chi connectivity index (χ0v) is 14.6. The van der Waals surface area contributed by atoms with Gasteiger partial charge in [0.2, 0.25) is 0 Å². The van der Waals surface area contributed by atoms with E-state index in [1.54, 1.807) is 23.7 Å². The molecule has 0 unspecified atom stereocenters. The number of rotatable bonds is 5. The van der Waals surface area contributed by atoms with Crippen molar-refractivity contribution in [1.82, 2.24) is 19.9 Å². The van der Waals surface area contributed by atoms with Crippen molar-refractivity contribution in [2.75, 3.05) is 13.1 Å². The number of hydrogen-bond acceptors (Lipinski definition) is 6. The molecule has 0 aliphatic carbocycles. The molecule has 0 bridgehead atoms. The lowest BCUT2D eigenvalue weighted by molar-refractivity contribution is 0.141. The third kappa shape index (κ3) is 3.92. The lowest BCUT2D eigenvalue weighted by atomic mass is 9.97. The Kier molecular flexibility index (Phi) is 4.83. The largest absolute Gasteiger partial charge is 0.391 e. The molecule has 3 aromatic rings. The molecule has 6 heteroatoms. The smallest absolute Gasteiger partial charge is 0.169 e. The summed E-state index contributed by atoms with van der Waals surface area (Å²) in [5.41, 5.74) is 2.31. The Hall–Kier alpha value is -2.15. The molecule has 0 saturated carbocycles. The summed E-state index contributed by atoms with van der Waals surface area (Å²) in [5.74, 6) is 1.03. The van der Waals surface area contributed by atoms with E-state index < -0.39 is 0 Å². The first-order valence-corrected chi connectivity index (χ1v) is 9.30. The normalized spacial score (nSPS) is 20.8. The van der Waals surface area contributed by atoms with Gasteiger partial charge in [-0.25, -0.2) is 9.97 Å². The summed E-state index contributed by atoms with van der Waals surface area (Å²) in [4.78, 5) is 16.4. The van der Waals surface area contributed by atoms with Crippen LogP contribution in [0.3, 0.4) is 0 Å². The average Bonchev–Trinajstić information content (AvgIpc) is 3.27. The predicted molar refractivity (Wildman–Crippen MR) is 98.1 cm³/mol. The SMILES string of the molecule is O[C@@H]1CN(Cc2cnc(-c3cccs3)nc2)C[C@H]1Cc1ccncc1. The zero-order valence-electron chi connectivity index (χ0n) is 13.8. The molecule has 5 nitrogen and oxygen atoms in total. The van der Waals surface area contributed by atoms with Crippen LogP contribution in [0.25, 0.3) is 10.7 Å². The van der Waals surface area contributed by atoms with Crippen molar-refractivity contribution in [1.29, 1.82) is 0 Å². The van der Waals surface area contributed by atoms with Crippen LogP contribution in [0.15, 0.2) is 54.4 Å². The van der Waals surface area contributed by atoms with Gasteiger partial charge in [0.15, 0.2) is 5.82 Å². The molecular weight excluding hydrogens is 332 g/mol. The van der Waals surface area contributed by atoms with E-state index in [-0.39, 0.29) is 12.0 Å². The highest BCUT2D eigenvalue weighted by Crippen LogP contribution is 2.24. The second kappa shape index (κ2) is 7.39. The van der Waals surface area contributed by atoms with Crippen LogP contribution in [0.5, 0.6) is 0 Å². The van der Waals surface area contributed by atoms with Crippen molar-refractivity contribution in [3.05, 3.63) is 65.6 Å². The molecule has 0 radical (unpaired) electrons. The Labute approximate surface area is 151 Å². The second-order valence-electron chi connectivity index (χ2n) is 6.47. The summed E-state index contributed by atoms with van der Waals surface area (Å²) in [6, 6.07) is 8.07. The van der Waals surface area contributed by atoms with E-state index >= 15 is 0 Å². The molecule has 2 atom stereocenters. The van der Waals surface area contributed by atoms with E-state index in [0.29, 0.717) is 6.54 Å². The fraction of sp³-hybridized carbons (Fsp3) is 0.316.